The largest absolute Gasteiger partial charge is 0.497 e. The first-order valence-electron chi connectivity index (χ1n) is 10.00. The van der Waals surface area contributed by atoms with Gasteiger partial charge in [0.05, 0.1) is 17.9 Å². The van der Waals surface area contributed by atoms with Crippen LogP contribution in [0.4, 0.5) is 5.69 Å². The Morgan fingerprint density at radius 2 is 1.97 bits per heavy atom. The quantitative estimate of drug-likeness (QED) is 0.646. The number of aryl methyl sites for hydroxylation is 2. The molecule has 1 N–H and O–H groups in total. The second kappa shape index (κ2) is 9.49. The molecule has 0 aromatic heterocycles. The van der Waals surface area contributed by atoms with E-state index in [1.54, 1.807) is 12.1 Å². The van der Waals surface area contributed by atoms with E-state index in [1.807, 2.05) is 26.0 Å². The molecule has 2 aromatic rings. The van der Waals surface area contributed by atoms with E-state index in [2.05, 4.69) is 21.2 Å². The fraction of sp³-hybridized carbons (Fsp3) is 0.409. The van der Waals surface area contributed by atoms with Crippen LogP contribution in [0.5, 0.6) is 5.75 Å². The molecule has 1 fully saturated rings. The van der Waals surface area contributed by atoms with Crippen molar-refractivity contribution in [3.8, 4) is 5.75 Å². The fourth-order valence-corrected chi connectivity index (χ4v) is 5.91. The first-order chi connectivity index (χ1) is 14.3. The number of carbonyl (C=O) groups is 1. The summed E-state index contributed by atoms with van der Waals surface area (Å²) in [6.45, 7) is 4.59. The molecule has 162 valence electrons. The number of anilines is 1. The Kier molecular flexibility index (Phi) is 7.21. The van der Waals surface area contributed by atoms with Crippen LogP contribution in [0.2, 0.25) is 0 Å². The lowest BCUT2D eigenvalue weighted by atomic mass is 9.98. The first kappa shape index (κ1) is 22.8. The van der Waals surface area contributed by atoms with Crippen molar-refractivity contribution in [2.75, 3.05) is 25.5 Å². The van der Waals surface area contributed by atoms with Crippen LogP contribution >= 0.6 is 15.9 Å². The predicted octanol–water partition coefficient (Wildman–Crippen LogP) is 4.37. The highest BCUT2D eigenvalue weighted by Gasteiger charge is 2.33. The molecule has 1 saturated heterocycles. The van der Waals surface area contributed by atoms with Crippen molar-refractivity contribution in [3.05, 3.63) is 52.0 Å². The standard InChI is InChI=1S/C22H27BrN2O4S/c1-4-16-13-18(23)12-15(2)21(16)24-22(26)17-6-5-11-25(14-17)30(27,28)20-9-7-19(29-3)8-10-20/h7-10,12-13,17H,4-6,11,14H2,1-3H3,(H,24,26). The van der Waals surface area contributed by atoms with Gasteiger partial charge in [-0.2, -0.15) is 4.31 Å². The lowest BCUT2D eigenvalue weighted by Crippen LogP contribution is -2.43. The number of benzene rings is 2. The molecule has 8 heteroatoms. The van der Waals surface area contributed by atoms with Gasteiger partial charge in [0, 0.05) is 23.2 Å². The number of amides is 1. The van der Waals surface area contributed by atoms with Gasteiger partial charge in [-0.05, 0) is 73.7 Å². The topological polar surface area (TPSA) is 75.7 Å². The minimum Gasteiger partial charge on any atom is -0.497 e. The maximum atomic E-state index is 13.1. The van der Waals surface area contributed by atoms with Gasteiger partial charge in [-0.3, -0.25) is 4.79 Å². The second-order valence-electron chi connectivity index (χ2n) is 7.48. The molecule has 2 aromatic carbocycles. The molecule has 0 radical (unpaired) electrons. The monoisotopic (exact) mass is 494 g/mol. The third-order valence-electron chi connectivity index (χ3n) is 5.46. The van der Waals surface area contributed by atoms with Gasteiger partial charge < -0.3 is 10.1 Å². The van der Waals surface area contributed by atoms with E-state index in [0.29, 0.717) is 25.1 Å². The summed E-state index contributed by atoms with van der Waals surface area (Å²) >= 11 is 3.50. The normalized spacial score (nSPS) is 17.5. The summed E-state index contributed by atoms with van der Waals surface area (Å²) < 4.78 is 33.6. The average Bonchev–Trinajstić information content (AvgIpc) is 2.75. The molecule has 0 saturated carbocycles. The van der Waals surface area contributed by atoms with E-state index in [0.717, 1.165) is 27.7 Å². The van der Waals surface area contributed by atoms with Gasteiger partial charge in [0.15, 0.2) is 0 Å². The Labute approximate surface area is 186 Å². The van der Waals surface area contributed by atoms with Gasteiger partial charge in [0.25, 0.3) is 0 Å². The van der Waals surface area contributed by atoms with Crippen molar-refractivity contribution >= 4 is 37.5 Å². The number of hydrogen-bond acceptors (Lipinski definition) is 4. The molecule has 0 spiro atoms. The van der Waals surface area contributed by atoms with Crippen molar-refractivity contribution in [1.82, 2.24) is 4.31 Å². The van der Waals surface area contributed by atoms with Crippen LogP contribution in [-0.2, 0) is 21.2 Å². The lowest BCUT2D eigenvalue weighted by Gasteiger charge is -2.31. The summed E-state index contributed by atoms with van der Waals surface area (Å²) in [5.41, 5.74) is 2.85. The molecular weight excluding hydrogens is 468 g/mol. The van der Waals surface area contributed by atoms with Crippen molar-refractivity contribution < 1.29 is 17.9 Å². The molecule has 3 rings (SSSR count). The van der Waals surface area contributed by atoms with Crippen LogP contribution in [0.15, 0.2) is 45.8 Å². The zero-order valence-corrected chi connectivity index (χ0v) is 19.8. The zero-order valence-electron chi connectivity index (χ0n) is 17.4. The van der Waals surface area contributed by atoms with Crippen LogP contribution in [0.1, 0.15) is 30.9 Å². The van der Waals surface area contributed by atoms with Crippen LogP contribution in [0.3, 0.4) is 0 Å². The van der Waals surface area contributed by atoms with Crippen LogP contribution in [-0.4, -0.2) is 38.8 Å². The molecule has 0 bridgehead atoms. The fourth-order valence-electron chi connectivity index (χ4n) is 3.77. The van der Waals surface area contributed by atoms with Gasteiger partial charge in [0.1, 0.15) is 5.75 Å². The maximum Gasteiger partial charge on any atom is 0.243 e. The van der Waals surface area contributed by atoms with E-state index in [9.17, 15) is 13.2 Å². The Morgan fingerprint density at radius 1 is 1.27 bits per heavy atom. The van der Waals surface area contributed by atoms with Gasteiger partial charge in [-0.1, -0.05) is 22.9 Å². The smallest absolute Gasteiger partial charge is 0.243 e. The molecule has 1 amide bonds. The summed E-state index contributed by atoms with van der Waals surface area (Å²) in [5, 5.41) is 3.06. The van der Waals surface area contributed by atoms with Crippen molar-refractivity contribution in [2.24, 2.45) is 5.92 Å². The Morgan fingerprint density at radius 3 is 2.60 bits per heavy atom. The van der Waals surface area contributed by atoms with Crippen LogP contribution in [0.25, 0.3) is 0 Å². The Hall–Kier alpha value is -1.90. The minimum absolute atomic E-state index is 0.134. The molecule has 30 heavy (non-hydrogen) atoms. The molecule has 1 atom stereocenters. The molecule has 6 nitrogen and oxygen atoms in total. The highest BCUT2D eigenvalue weighted by molar-refractivity contribution is 9.10. The Balaban J connectivity index is 1.76. The lowest BCUT2D eigenvalue weighted by molar-refractivity contribution is -0.120. The van der Waals surface area contributed by atoms with Gasteiger partial charge in [-0.15, -0.1) is 0 Å². The number of ether oxygens (including phenoxy) is 1. The molecular formula is C22H27BrN2O4S. The average molecular weight is 495 g/mol. The number of nitrogens with one attached hydrogen (secondary N) is 1. The molecule has 1 unspecified atom stereocenters. The number of halogens is 1. The predicted molar refractivity (Wildman–Crippen MR) is 121 cm³/mol. The summed E-state index contributed by atoms with van der Waals surface area (Å²) in [5.74, 6) is 0.0747. The van der Waals surface area contributed by atoms with Gasteiger partial charge in [-0.25, -0.2) is 8.42 Å². The summed E-state index contributed by atoms with van der Waals surface area (Å²) in [4.78, 5) is 13.2. The Bertz CT molecular complexity index is 1020. The summed E-state index contributed by atoms with van der Waals surface area (Å²) in [6, 6.07) is 10.3. The van der Waals surface area contributed by atoms with E-state index < -0.39 is 10.0 Å². The SMILES string of the molecule is CCc1cc(Br)cc(C)c1NC(=O)C1CCCN(S(=O)(=O)c2ccc(OC)cc2)C1. The number of carbonyl (C=O) groups excluding carboxylic acids is 1. The molecule has 1 aliphatic heterocycles. The van der Waals surface area contributed by atoms with Crippen molar-refractivity contribution in [1.29, 1.82) is 0 Å². The number of methoxy groups -OCH3 is 1. The third kappa shape index (κ3) is 4.87. The number of nitrogens with zero attached hydrogens (tertiary/aromatic N) is 1. The van der Waals surface area contributed by atoms with E-state index in [4.69, 9.17) is 4.74 Å². The zero-order chi connectivity index (χ0) is 21.9. The summed E-state index contributed by atoms with van der Waals surface area (Å²) in [7, 11) is -2.13. The highest BCUT2D eigenvalue weighted by atomic mass is 79.9. The van der Waals surface area contributed by atoms with Gasteiger partial charge >= 0.3 is 0 Å². The first-order valence-corrected chi connectivity index (χ1v) is 12.2. The molecule has 1 aliphatic rings. The molecule has 1 heterocycles. The highest BCUT2D eigenvalue weighted by Crippen LogP contribution is 2.29. The number of rotatable bonds is 6. The van der Waals surface area contributed by atoms with E-state index >= 15 is 0 Å². The minimum atomic E-state index is -3.66. The van der Waals surface area contributed by atoms with Crippen molar-refractivity contribution in [2.45, 2.75) is 38.0 Å². The number of hydrogen-bond donors (Lipinski definition) is 1. The van der Waals surface area contributed by atoms with Crippen molar-refractivity contribution in [3.63, 3.8) is 0 Å². The van der Waals surface area contributed by atoms with Gasteiger partial charge in [0.2, 0.25) is 15.9 Å². The third-order valence-corrected chi connectivity index (χ3v) is 7.80. The van der Waals surface area contributed by atoms with Crippen LogP contribution in [0, 0.1) is 12.8 Å². The second-order valence-corrected chi connectivity index (χ2v) is 10.3. The van der Waals surface area contributed by atoms with E-state index in [-0.39, 0.29) is 23.3 Å². The number of sulfonamides is 1. The van der Waals surface area contributed by atoms with E-state index in [1.165, 1.54) is 23.5 Å². The number of piperidine rings is 1. The molecule has 0 aliphatic carbocycles. The maximum absolute atomic E-state index is 13.1. The van der Waals surface area contributed by atoms with Crippen LogP contribution < -0.4 is 10.1 Å². The summed E-state index contributed by atoms with van der Waals surface area (Å²) in [6.07, 6.45) is 2.10.